The lowest BCUT2D eigenvalue weighted by Crippen LogP contribution is -2.38. The minimum Gasteiger partial charge on any atom is -0.208 e. The van der Waals surface area contributed by atoms with Crippen molar-refractivity contribution in [2.75, 3.05) is 0 Å². The Hall–Kier alpha value is -0.940. The minimum atomic E-state index is -3.52. The molecular weight excluding hydrogens is 265 g/mol. The molecule has 0 aliphatic heterocycles. The van der Waals surface area contributed by atoms with Gasteiger partial charge in [-0.1, -0.05) is 26.2 Å². The van der Waals surface area contributed by atoms with E-state index in [1.165, 1.54) is 30.7 Å². The zero-order valence-electron chi connectivity index (χ0n) is 11.1. The van der Waals surface area contributed by atoms with Crippen LogP contribution in [-0.4, -0.2) is 14.5 Å². The van der Waals surface area contributed by atoms with Crippen molar-refractivity contribution >= 4 is 10.0 Å². The molecule has 106 valence electrons. The summed E-state index contributed by atoms with van der Waals surface area (Å²) in [5.41, 5.74) is 0. The Morgan fingerprint density at radius 1 is 1.26 bits per heavy atom. The third kappa shape index (κ3) is 3.76. The zero-order valence-corrected chi connectivity index (χ0v) is 11.9. The van der Waals surface area contributed by atoms with E-state index in [1.807, 2.05) is 0 Å². The summed E-state index contributed by atoms with van der Waals surface area (Å²) in [6.45, 7) is 2.14. The van der Waals surface area contributed by atoms with Gasteiger partial charge in [0.05, 0.1) is 4.90 Å². The predicted molar refractivity (Wildman–Crippen MR) is 72.8 cm³/mol. The van der Waals surface area contributed by atoms with E-state index in [4.69, 9.17) is 0 Å². The Morgan fingerprint density at radius 3 is 2.58 bits per heavy atom. The molecule has 0 heterocycles. The molecule has 0 spiro atoms. The predicted octanol–water partition coefficient (Wildman–Crippen LogP) is 3.07. The summed E-state index contributed by atoms with van der Waals surface area (Å²) in [6.07, 6.45) is 5.13. The number of hydrogen-bond donors (Lipinski definition) is 1. The number of sulfonamides is 1. The summed E-state index contributed by atoms with van der Waals surface area (Å²) in [5.74, 6) is 0.178. The molecule has 0 bridgehead atoms. The highest BCUT2D eigenvalue weighted by Crippen LogP contribution is 2.27. The second kappa shape index (κ2) is 6.01. The van der Waals surface area contributed by atoms with E-state index in [0.29, 0.717) is 5.92 Å². The van der Waals surface area contributed by atoms with Crippen LogP contribution < -0.4 is 4.72 Å². The molecule has 2 unspecified atom stereocenters. The maximum absolute atomic E-state index is 12.8. The van der Waals surface area contributed by atoms with E-state index in [0.717, 1.165) is 25.7 Å². The number of nitrogens with one attached hydrogen (secondary N) is 1. The van der Waals surface area contributed by atoms with Gasteiger partial charge in [-0.25, -0.2) is 17.5 Å². The SMILES string of the molecule is CCC1CCCC(NS(=O)(=O)c2ccc(F)cc2)C1. The van der Waals surface area contributed by atoms with Gasteiger partial charge in [-0.05, 0) is 43.0 Å². The lowest BCUT2D eigenvalue weighted by molar-refractivity contribution is 0.301. The molecule has 1 fully saturated rings. The van der Waals surface area contributed by atoms with Gasteiger partial charge in [0, 0.05) is 6.04 Å². The average Bonchev–Trinajstić information content (AvgIpc) is 2.39. The first-order valence-electron chi connectivity index (χ1n) is 6.79. The van der Waals surface area contributed by atoms with Crippen LogP contribution >= 0.6 is 0 Å². The molecule has 5 heteroatoms. The molecule has 0 saturated heterocycles. The zero-order chi connectivity index (χ0) is 13.9. The first kappa shape index (κ1) is 14.5. The molecule has 0 aromatic heterocycles. The molecule has 0 radical (unpaired) electrons. The Morgan fingerprint density at radius 2 is 1.95 bits per heavy atom. The van der Waals surface area contributed by atoms with Crippen molar-refractivity contribution < 1.29 is 12.8 Å². The van der Waals surface area contributed by atoms with Crippen LogP contribution in [0.25, 0.3) is 0 Å². The van der Waals surface area contributed by atoms with Crippen molar-refractivity contribution in [3.05, 3.63) is 30.1 Å². The molecule has 19 heavy (non-hydrogen) atoms. The van der Waals surface area contributed by atoms with Crippen LogP contribution in [0.2, 0.25) is 0 Å². The number of hydrogen-bond acceptors (Lipinski definition) is 2. The molecule has 2 rings (SSSR count). The van der Waals surface area contributed by atoms with Crippen LogP contribution in [0.3, 0.4) is 0 Å². The maximum Gasteiger partial charge on any atom is 0.240 e. The van der Waals surface area contributed by atoms with Gasteiger partial charge in [0.2, 0.25) is 10.0 Å². The topological polar surface area (TPSA) is 46.2 Å². The Labute approximate surface area is 114 Å². The Bertz CT molecular complexity index is 513. The van der Waals surface area contributed by atoms with Gasteiger partial charge < -0.3 is 0 Å². The van der Waals surface area contributed by atoms with Gasteiger partial charge in [0.25, 0.3) is 0 Å². The fourth-order valence-corrected chi connectivity index (χ4v) is 3.95. The highest BCUT2D eigenvalue weighted by atomic mass is 32.2. The summed E-state index contributed by atoms with van der Waals surface area (Å²) in [5, 5.41) is 0. The lowest BCUT2D eigenvalue weighted by atomic mass is 9.85. The average molecular weight is 285 g/mol. The van der Waals surface area contributed by atoms with Crippen LogP contribution in [-0.2, 0) is 10.0 Å². The van der Waals surface area contributed by atoms with Crippen molar-refractivity contribution in [3.63, 3.8) is 0 Å². The van der Waals surface area contributed by atoms with Crippen molar-refractivity contribution in [3.8, 4) is 0 Å². The van der Waals surface area contributed by atoms with Gasteiger partial charge >= 0.3 is 0 Å². The van der Waals surface area contributed by atoms with Gasteiger partial charge in [0.1, 0.15) is 5.82 Å². The third-order valence-corrected chi connectivity index (χ3v) is 5.34. The van der Waals surface area contributed by atoms with Crippen LogP contribution in [0.4, 0.5) is 4.39 Å². The second-order valence-electron chi connectivity index (χ2n) is 5.21. The van der Waals surface area contributed by atoms with Crippen LogP contribution in [0, 0.1) is 11.7 Å². The van der Waals surface area contributed by atoms with E-state index in [9.17, 15) is 12.8 Å². The molecule has 1 aromatic carbocycles. The summed E-state index contributed by atoms with van der Waals surface area (Å²) in [6, 6.07) is 4.96. The number of benzene rings is 1. The molecule has 2 atom stereocenters. The van der Waals surface area contributed by atoms with Gasteiger partial charge in [-0.3, -0.25) is 0 Å². The third-order valence-electron chi connectivity index (χ3n) is 3.81. The van der Waals surface area contributed by atoms with Gasteiger partial charge in [-0.2, -0.15) is 0 Å². The highest BCUT2D eigenvalue weighted by Gasteiger charge is 2.25. The first-order valence-corrected chi connectivity index (χ1v) is 8.27. The number of rotatable bonds is 4. The maximum atomic E-state index is 12.8. The molecule has 1 aliphatic carbocycles. The largest absolute Gasteiger partial charge is 0.240 e. The molecule has 1 aromatic rings. The van der Waals surface area contributed by atoms with Crippen LogP contribution in [0.5, 0.6) is 0 Å². The van der Waals surface area contributed by atoms with Crippen LogP contribution in [0.15, 0.2) is 29.2 Å². The van der Waals surface area contributed by atoms with Crippen molar-refractivity contribution in [2.45, 2.75) is 50.0 Å². The summed E-state index contributed by atoms with van der Waals surface area (Å²) >= 11 is 0. The highest BCUT2D eigenvalue weighted by molar-refractivity contribution is 7.89. The lowest BCUT2D eigenvalue weighted by Gasteiger charge is -2.28. The summed E-state index contributed by atoms with van der Waals surface area (Å²) in [7, 11) is -3.52. The molecule has 1 saturated carbocycles. The van der Waals surface area contributed by atoms with Gasteiger partial charge in [-0.15, -0.1) is 0 Å². The summed E-state index contributed by atoms with van der Waals surface area (Å²) in [4.78, 5) is 0.132. The van der Waals surface area contributed by atoms with Crippen molar-refractivity contribution in [1.82, 2.24) is 4.72 Å². The fraction of sp³-hybridized carbons (Fsp3) is 0.571. The van der Waals surface area contributed by atoms with Crippen molar-refractivity contribution in [2.24, 2.45) is 5.92 Å². The molecule has 1 N–H and O–H groups in total. The second-order valence-corrected chi connectivity index (χ2v) is 6.93. The van der Waals surface area contributed by atoms with Crippen LogP contribution in [0.1, 0.15) is 39.0 Å². The molecule has 3 nitrogen and oxygen atoms in total. The van der Waals surface area contributed by atoms with Gasteiger partial charge in [0.15, 0.2) is 0 Å². The number of halogens is 1. The standard InChI is InChI=1S/C14H20FNO2S/c1-2-11-4-3-5-13(10-11)16-19(17,18)14-8-6-12(15)7-9-14/h6-9,11,13,16H,2-5,10H2,1H3. The molecule has 0 amide bonds. The monoisotopic (exact) mass is 285 g/mol. The first-order chi connectivity index (χ1) is 9.01. The minimum absolute atomic E-state index is 0.00810. The Balaban J connectivity index is 2.06. The molecule has 1 aliphatic rings. The van der Waals surface area contributed by atoms with E-state index < -0.39 is 15.8 Å². The summed E-state index contributed by atoms with van der Waals surface area (Å²) < 4.78 is 39.9. The van der Waals surface area contributed by atoms with Crippen molar-refractivity contribution in [1.29, 1.82) is 0 Å². The van der Waals surface area contributed by atoms with E-state index in [1.54, 1.807) is 0 Å². The fourth-order valence-electron chi connectivity index (χ4n) is 2.67. The van der Waals surface area contributed by atoms with E-state index in [-0.39, 0.29) is 10.9 Å². The van der Waals surface area contributed by atoms with E-state index >= 15 is 0 Å². The normalized spacial score (nSPS) is 24.3. The quantitative estimate of drug-likeness (QED) is 0.924. The smallest absolute Gasteiger partial charge is 0.208 e. The van der Waals surface area contributed by atoms with E-state index in [2.05, 4.69) is 11.6 Å². The Kier molecular flexibility index (Phi) is 4.58. The molecular formula is C14H20FNO2S.